The number of carbonyl (C=O) groups excluding carboxylic acids is 1. The van der Waals surface area contributed by atoms with Crippen LogP contribution in [0.5, 0.6) is 0 Å². The van der Waals surface area contributed by atoms with Crippen LogP contribution in [0.4, 0.5) is 14.9 Å². The second-order valence-electron chi connectivity index (χ2n) is 6.72. The molecule has 1 N–H and O–H groups in total. The normalized spacial score (nSPS) is 16.4. The van der Waals surface area contributed by atoms with E-state index < -0.39 is 0 Å². The molecule has 5 nitrogen and oxygen atoms in total. The first-order chi connectivity index (χ1) is 13.2. The fraction of sp³-hybridized carbons (Fsp3) is 0.400. The third-order valence-corrected chi connectivity index (χ3v) is 6.13. The quantitative estimate of drug-likeness (QED) is 0.879. The molecule has 2 aromatic rings. The number of anilines is 1. The van der Waals surface area contributed by atoms with Gasteiger partial charge in [0.2, 0.25) is 0 Å². The van der Waals surface area contributed by atoms with Crippen LogP contribution in [0.25, 0.3) is 11.3 Å². The molecule has 0 atom stereocenters. The molecule has 2 aliphatic rings. The zero-order valence-corrected chi connectivity index (χ0v) is 16.2. The molecule has 3 heterocycles. The predicted octanol–water partition coefficient (Wildman–Crippen LogP) is 3.39. The number of piperazine rings is 1. The van der Waals surface area contributed by atoms with Gasteiger partial charge in [-0.25, -0.2) is 9.18 Å². The van der Waals surface area contributed by atoms with Crippen molar-refractivity contribution >= 4 is 23.5 Å². The smallest absolute Gasteiger partial charge is 0.317 e. The third-order valence-electron chi connectivity index (χ3n) is 4.98. The van der Waals surface area contributed by atoms with E-state index >= 15 is 0 Å². The molecule has 1 aromatic carbocycles. The van der Waals surface area contributed by atoms with E-state index in [4.69, 9.17) is 4.98 Å². The van der Waals surface area contributed by atoms with E-state index in [0.29, 0.717) is 19.6 Å². The molecule has 2 amide bonds. The summed E-state index contributed by atoms with van der Waals surface area (Å²) in [5.74, 6) is 0.804. The molecular formula is C20H23FN4OS. The minimum absolute atomic E-state index is 0.0125. The molecule has 0 spiro atoms. The van der Waals surface area contributed by atoms with Gasteiger partial charge >= 0.3 is 6.03 Å². The highest BCUT2D eigenvalue weighted by molar-refractivity contribution is 7.99. The topological polar surface area (TPSA) is 48.5 Å². The number of urea groups is 1. The van der Waals surface area contributed by atoms with Crippen LogP contribution in [0, 0.1) is 5.82 Å². The van der Waals surface area contributed by atoms with Crippen molar-refractivity contribution < 1.29 is 9.18 Å². The Morgan fingerprint density at radius 3 is 2.67 bits per heavy atom. The molecule has 1 saturated heterocycles. The maximum atomic E-state index is 13.3. The van der Waals surface area contributed by atoms with Gasteiger partial charge in [-0.3, -0.25) is 4.98 Å². The highest BCUT2D eigenvalue weighted by Crippen LogP contribution is 2.40. The van der Waals surface area contributed by atoms with E-state index in [-0.39, 0.29) is 11.8 Å². The number of aromatic nitrogens is 1. The molecule has 142 valence electrons. The van der Waals surface area contributed by atoms with Gasteiger partial charge in [0.25, 0.3) is 0 Å². The van der Waals surface area contributed by atoms with Crippen molar-refractivity contribution in [1.29, 1.82) is 0 Å². The van der Waals surface area contributed by atoms with Gasteiger partial charge < -0.3 is 15.1 Å². The Hall–Kier alpha value is -2.28. The van der Waals surface area contributed by atoms with Crippen molar-refractivity contribution in [2.24, 2.45) is 0 Å². The van der Waals surface area contributed by atoms with Crippen LogP contribution in [0.2, 0.25) is 0 Å². The van der Waals surface area contributed by atoms with E-state index in [0.717, 1.165) is 42.2 Å². The Morgan fingerprint density at radius 1 is 1.22 bits per heavy atom. The fourth-order valence-electron chi connectivity index (χ4n) is 3.56. The lowest BCUT2D eigenvalue weighted by Gasteiger charge is -2.36. The molecule has 2 aliphatic heterocycles. The zero-order valence-electron chi connectivity index (χ0n) is 15.4. The minimum Gasteiger partial charge on any atom is -0.367 e. The summed E-state index contributed by atoms with van der Waals surface area (Å²) in [6.07, 6.45) is 0.959. The van der Waals surface area contributed by atoms with Crippen LogP contribution >= 0.6 is 11.8 Å². The number of hydrogen-bond acceptors (Lipinski definition) is 4. The first-order valence-corrected chi connectivity index (χ1v) is 10.3. The number of benzene rings is 1. The summed E-state index contributed by atoms with van der Waals surface area (Å²) in [4.78, 5) is 22.4. The summed E-state index contributed by atoms with van der Waals surface area (Å²) >= 11 is 1.85. The molecule has 27 heavy (non-hydrogen) atoms. The standard InChI is InChI=1S/C20H23FN4OS/c1-2-22-20(26)25-10-8-24(9-11-25)18-13-17(14-3-5-15(21)6-4-14)23-16-7-12-27-19(16)18/h3-6,13H,2,7-12H2,1H3,(H,22,26). The van der Waals surface area contributed by atoms with Crippen molar-refractivity contribution in [3.63, 3.8) is 0 Å². The van der Waals surface area contributed by atoms with E-state index in [1.54, 1.807) is 12.1 Å². The van der Waals surface area contributed by atoms with Crippen molar-refractivity contribution in [3.8, 4) is 11.3 Å². The minimum atomic E-state index is -0.239. The highest BCUT2D eigenvalue weighted by Gasteiger charge is 2.26. The first-order valence-electron chi connectivity index (χ1n) is 9.36. The summed E-state index contributed by atoms with van der Waals surface area (Å²) in [6.45, 7) is 5.60. The van der Waals surface area contributed by atoms with Crippen LogP contribution in [0.3, 0.4) is 0 Å². The maximum Gasteiger partial charge on any atom is 0.317 e. The number of aryl methyl sites for hydroxylation is 1. The first kappa shape index (κ1) is 18.1. The van der Waals surface area contributed by atoms with Crippen LogP contribution in [0.15, 0.2) is 35.2 Å². The molecule has 0 unspecified atom stereocenters. The summed E-state index contributed by atoms with van der Waals surface area (Å²) in [5, 5.41) is 2.87. The van der Waals surface area contributed by atoms with Crippen LogP contribution in [-0.4, -0.2) is 54.4 Å². The van der Waals surface area contributed by atoms with Crippen LogP contribution in [-0.2, 0) is 6.42 Å². The number of rotatable bonds is 3. The number of fused-ring (bicyclic) bond motifs is 1. The molecule has 0 bridgehead atoms. The second kappa shape index (κ2) is 7.76. The van der Waals surface area contributed by atoms with Crippen molar-refractivity contribution in [2.45, 2.75) is 18.2 Å². The number of thioether (sulfide) groups is 1. The monoisotopic (exact) mass is 386 g/mol. The molecule has 0 aliphatic carbocycles. The molecule has 0 radical (unpaired) electrons. The van der Waals surface area contributed by atoms with E-state index in [2.05, 4.69) is 16.3 Å². The summed E-state index contributed by atoms with van der Waals surface area (Å²) in [7, 11) is 0. The highest BCUT2D eigenvalue weighted by atomic mass is 32.2. The number of carbonyl (C=O) groups is 1. The van der Waals surface area contributed by atoms with Crippen molar-refractivity contribution in [1.82, 2.24) is 15.2 Å². The van der Waals surface area contributed by atoms with Gasteiger partial charge in [-0.1, -0.05) is 0 Å². The fourth-order valence-corrected chi connectivity index (χ4v) is 4.71. The number of hydrogen-bond donors (Lipinski definition) is 1. The lowest BCUT2D eigenvalue weighted by Crippen LogP contribution is -2.52. The number of nitrogens with zero attached hydrogens (tertiary/aromatic N) is 3. The van der Waals surface area contributed by atoms with Gasteiger partial charge in [0, 0.05) is 50.5 Å². The Kier molecular flexibility index (Phi) is 5.20. The molecule has 4 rings (SSSR count). The molecule has 1 fully saturated rings. The zero-order chi connectivity index (χ0) is 18.8. The largest absolute Gasteiger partial charge is 0.367 e. The maximum absolute atomic E-state index is 13.3. The van der Waals surface area contributed by atoms with E-state index in [9.17, 15) is 9.18 Å². The Labute approximate surface area is 163 Å². The third kappa shape index (κ3) is 3.74. The average Bonchev–Trinajstić information content (AvgIpc) is 3.17. The number of pyridine rings is 1. The molecule has 1 aromatic heterocycles. The van der Waals surface area contributed by atoms with Crippen LogP contribution < -0.4 is 10.2 Å². The molecule has 7 heteroatoms. The van der Waals surface area contributed by atoms with Gasteiger partial charge in [0.05, 0.1) is 22.0 Å². The predicted molar refractivity (Wildman–Crippen MR) is 107 cm³/mol. The summed E-state index contributed by atoms with van der Waals surface area (Å²) < 4.78 is 13.3. The average molecular weight is 386 g/mol. The number of nitrogens with one attached hydrogen (secondary N) is 1. The van der Waals surface area contributed by atoms with Gasteiger partial charge in [-0.2, -0.15) is 0 Å². The summed E-state index contributed by atoms with van der Waals surface area (Å²) in [5.41, 5.74) is 4.14. The van der Waals surface area contributed by atoms with E-state index in [1.807, 2.05) is 23.6 Å². The molecule has 0 saturated carbocycles. The Morgan fingerprint density at radius 2 is 1.96 bits per heavy atom. The Balaban J connectivity index is 1.59. The van der Waals surface area contributed by atoms with Crippen molar-refractivity contribution in [2.75, 3.05) is 43.4 Å². The van der Waals surface area contributed by atoms with Crippen LogP contribution in [0.1, 0.15) is 12.6 Å². The second-order valence-corrected chi connectivity index (χ2v) is 7.82. The molecular weight excluding hydrogens is 363 g/mol. The van der Waals surface area contributed by atoms with Gasteiger partial charge in [-0.05, 0) is 37.3 Å². The van der Waals surface area contributed by atoms with Gasteiger partial charge in [0.1, 0.15) is 5.82 Å². The van der Waals surface area contributed by atoms with Crippen molar-refractivity contribution in [3.05, 3.63) is 41.8 Å². The Bertz CT molecular complexity index is 835. The lowest BCUT2D eigenvalue weighted by molar-refractivity contribution is 0.195. The summed E-state index contributed by atoms with van der Waals surface area (Å²) in [6, 6.07) is 8.64. The van der Waals surface area contributed by atoms with E-state index in [1.165, 1.54) is 22.7 Å². The van der Waals surface area contributed by atoms with Gasteiger partial charge in [-0.15, -0.1) is 11.8 Å². The lowest BCUT2D eigenvalue weighted by atomic mass is 10.1. The number of amides is 2. The van der Waals surface area contributed by atoms with Gasteiger partial charge in [0.15, 0.2) is 0 Å². The SMILES string of the molecule is CCNC(=O)N1CCN(c2cc(-c3ccc(F)cc3)nc3c2SCC3)CC1. The number of halogens is 1.